The second-order valence-electron chi connectivity index (χ2n) is 17.6. The second kappa shape index (κ2) is 41.5. The molecule has 0 aliphatic rings. The van der Waals surface area contributed by atoms with Crippen molar-refractivity contribution in [3.8, 4) is 0 Å². The van der Waals surface area contributed by atoms with Gasteiger partial charge in [0.1, 0.15) is 3.96 Å². The van der Waals surface area contributed by atoms with Gasteiger partial charge in [-0.3, -0.25) is 0 Å². The fourth-order valence-corrected chi connectivity index (χ4v) is 17.2. The summed E-state index contributed by atoms with van der Waals surface area (Å²) in [5.74, 6) is 0. The van der Waals surface area contributed by atoms with Gasteiger partial charge in [-0.15, -0.1) is 23.2 Å². The summed E-state index contributed by atoms with van der Waals surface area (Å²) in [6.45, 7) is 9.25. The molecule has 0 rings (SSSR count). The smallest absolute Gasteiger partial charge is 0.164 e. The number of rotatable bonds is 45. The number of unbranched alkanes of at least 4 members (excludes halogenated alkanes) is 32. The highest BCUT2D eigenvalue weighted by Crippen LogP contribution is 2.46. The number of hydrogen-bond acceptors (Lipinski definition) is 0. The lowest BCUT2D eigenvalue weighted by molar-refractivity contribution is 0.571. The van der Waals surface area contributed by atoms with Crippen LogP contribution in [-0.2, 0) is 0 Å². The third-order valence-electron chi connectivity index (χ3n) is 12.3. The van der Waals surface area contributed by atoms with Gasteiger partial charge in [0.25, 0.3) is 0 Å². The van der Waals surface area contributed by atoms with E-state index in [1.807, 2.05) is 0 Å². The average molecular weight is 838 g/mol. The van der Waals surface area contributed by atoms with Crippen LogP contribution in [0.15, 0.2) is 0 Å². The summed E-state index contributed by atoms with van der Waals surface area (Å²) in [4.78, 5) is 0. The third-order valence-corrected chi connectivity index (χ3v) is 24.6. The Morgan fingerprint density at radius 2 is 0.547 bits per heavy atom. The zero-order valence-corrected chi connectivity index (χ0v) is 41.3. The lowest BCUT2D eigenvalue weighted by Gasteiger charge is -2.36. The Labute approximate surface area is 354 Å². The molecule has 1 radical (unpaired) electrons. The maximum Gasteiger partial charge on any atom is 0.195 e. The molecule has 0 N–H and O–H groups in total. The Morgan fingerprint density at radius 1 is 0.321 bits per heavy atom. The van der Waals surface area contributed by atoms with Crippen LogP contribution in [0.25, 0.3) is 0 Å². The molecule has 0 aliphatic heterocycles. The molecule has 0 aromatic heterocycles. The molecule has 0 aromatic rings. The van der Waals surface area contributed by atoms with E-state index in [2.05, 4.69) is 27.7 Å². The number of alkyl halides is 2. The van der Waals surface area contributed by atoms with Crippen LogP contribution in [0.1, 0.15) is 272 Å². The highest BCUT2D eigenvalue weighted by Gasteiger charge is 2.49. The van der Waals surface area contributed by atoms with Crippen LogP contribution < -0.4 is 0 Å². The van der Waals surface area contributed by atoms with Crippen LogP contribution in [0, 0.1) is 0 Å². The van der Waals surface area contributed by atoms with Gasteiger partial charge in [0, 0.05) is 8.80 Å². The summed E-state index contributed by atoms with van der Waals surface area (Å²) in [6, 6.07) is 6.98. The monoisotopic (exact) mass is 836 g/mol. The van der Waals surface area contributed by atoms with E-state index in [1.165, 1.54) is 231 Å². The van der Waals surface area contributed by atoms with E-state index in [0.29, 0.717) is 0 Å². The zero-order valence-electron chi connectivity index (χ0n) is 37.0. The van der Waals surface area contributed by atoms with Crippen LogP contribution in [0.3, 0.4) is 0 Å². The molecule has 0 aromatic carbocycles. The molecular formula is C48H98Cl3Si2. The molecular weight excluding hydrogens is 739 g/mol. The Bertz CT molecular complexity index is 684. The molecule has 0 saturated heterocycles. The maximum absolute atomic E-state index is 7.65. The SMILES string of the molecule is CCCCCCCCCC[Si](CCCCCCCCCC)CCCCCCCC[Si](Cl)(CCCCCCCCCC)C(Cl)(Cl)CCCCCCCCC. The van der Waals surface area contributed by atoms with Crippen molar-refractivity contribution in [3.05, 3.63) is 0 Å². The molecule has 0 amide bonds. The van der Waals surface area contributed by atoms with E-state index in [9.17, 15) is 0 Å². The van der Waals surface area contributed by atoms with E-state index in [0.717, 1.165) is 24.9 Å². The van der Waals surface area contributed by atoms with Gasteiger partial charge in [-0.25, -0.2) is 0 Å². The highest BCUT2D eigenvalue weighted by atomic mass is 35.6. The second-order valence-corrected chi connectivity index (χ2v) is 28.7. The number of halogens is 3. The molecule has 1 atom stereocenters. The molecule has 1 unspecified atom stereocenters. The minimum Gasteiger partial charge on any atom is -0.164 e. The van der Waals surface area contributed by atoms with Crippen LogP contribution >= 0.6 is 34.3 Å². The summed E-state index contributed by atoms with van der Waals surface area (Å²) < 4.78 is -0.679. The van der Waals surface area contributed by atoms with Crippen molar-refractivity contribution in [2.24, 2.45) is 0 Å². The van der Waals surface area contributed by atoms with Crippen molar-refractivity contribution in [1.29, 1.82) is 0 Å². The summed E-state index contributed by atoms with van der Waals surface area (Å²) in [6.07, 6.45) is 52.4. The maximum atomic E-state index is 7.65. The van der Waals surface area contributed by atoms with Crippen LogP contribution in [0.2, 0.25) is 30.2 Å². The first-order valence-electron chi connectivity index (χ1n) is 24.8. The summed E-state index contributed by atoms with van der Waals surface area (Å²) in [5, 5.41) is 0. The summed E-state index contributed by atoms with van der Waals surface area (Å²) >= 11 is 22.2. The normalized spacial score (nSPS) is 13.4. The van der Waals surface area contributed by atoms with Crippen molar-refractivity contribution >= 4 is 50.5 Å². The van der Waals surface area contributed by atoms with Crippen molar-refractivity contribution in [1.82, 2.24) is 0 Å². The van der Waals surface area contributed by atoms with Crippen molar-refractivity contribution in [2.75, 3.05) is 0 Å². The van der Waals surface area contributed by atoms with Gasteiger partial charge in [-0.1, -0.05) is 283 Å². The van der Waals surface area contributed by atoms with Gasteiger partial charge in [-0.05, 0) is 18.5 Å². The standard InChI is InChI=1S/C48H98Cl3Si2/c1-5-9-13-17-21-25-31-37-43-52(44-38-32-26-22-18-14-10-6-2)45-39-33-27-29-35-41-47-53(51,46-40-34-28-23-19-15-11-7-3)48(49,50)42-36-30-24-20-16-12-8-4/h5-47H2,1-4H3. The Balaban J connectivity index is 4.64. The average Bonchev–Trinajstić information content (AvgIpc) is 3.15. The van der Waals surface area contributed by atoms with Gasteiger partial charge in [-0.2, -0.15) is 11.1 Å². The van der Waals surface area contributed by atoms with E-state index >= 15 is 0 Å². The third kappa shape index (κ3) is 35.0. The molecule has 5 heteroatoms. The topological polar surface area (TPSA) is 0 Å². The van der Waals surface area contributed by atoms with E-state index in [4.69, 9.17) is 34.3 Å². The lowest BCUT2D eigenvalue weighted by Crippen LogP contribution is -2.46. The van der Waals surface area contributed by atoms with Crippen molar-refractivity contribution < 1.29 is 0 Å². The molecule has 0 aliphatic carbocycles. The fraction of sp³-hybridized carbons (Fsp3) is 1.00. The molecule has 53 heavy (non-hydrogen) atoms. The van der Waals surface area contributed by atoms with E-state index in [-0.39, 0.29) is 8.80 Å². The van der Waals surface area contributed by atoms with Crippen molar-refractivity contribution in [2.45, 2.75) is 306 Å². The van der Waals surface area contributed by atoms with Gasteiger partial charge in [0.05, 0.1) is 0 Å². The predicted octanol–water partition coefficient (Wildman–Crippen LogP) is 20.3. The minimum atomic E-state index is -2.28. The fourth-order valence-electron chi connectivity index (χ4n) is 8.44. The zero-order chi connectivity index (χ0) is 39.0. The van der Waals surface area contributed by atoms with Gasteiger partial charge < -0.3 is 0 Å². The molecule has 0 fully saturated rings. The van der Waals surface area contributed by atoms with E-state index < -0.39 is 11.3 Å². The predicted molar refractivity (Wildman–Crippen MR) is 254 cm³/mol. The quantitative estimate of drug-likeness (QED) is 0.0248. The van der Waals surface area contributed by atoms with Crippen LogP contribution in [-0.4, -0.2) is 20.1 Å². The van der Waals surface area contributed by atoms with Gasteiger partial charge >= 0.3 is 0 Å². The molecule has 0 nitrogen and oxygen atoms in total. The highest BCUT2D eigenvalue weighted by molar-refractivity contribution is 7.27. The summed E-state index contributed by atoms with van der Waals surface area (Å²) in [7, 11) is -2.43. The molecule has 0 saturated carbocycles. The largest absolute Gasteiger partial charge is 0.195 e. The number of hydrogen-bond donors (Lipinski definition) is 0. The van der Waals surface area contributed by atoms with Crippen LogP contribution in [0.4, 0.5) is 0 Å². The Hall–Kier alpha value is 1.30. The van der Waals surface area contributed by atoms with Crippen molar-refractivity contribution in [3.63, 3.8) is 0 Å². The Morgan fingerprint density at radius 3 is 0.830 bits per heavy atom. The van der Waals surface area contributed by atoms with Crippen LogP contribution in [0.5, 0.6) is 0 Å². The molecule has 319 valence electrons. The molecule has 0 bridgehead atoms. The summed E-state index contributed by atoms with van der Waals surface area (Å²) in [5.41, 5.74) is 0. The van der Waals surface area contributed by atoms with E-state index in [1.54, 1.807) is 18.1 Å². The molecule has 0 heterocycles. The van der Waals surface area contributed by atoms with Gasteiger partial charge in [0.15, 0.2) is 7.38 Å². The Kier molecular flexibility index (Phi) is 42.5. The van der Waals surface area contributed by atoms with Gasteiger partial charge in [0.2, 0.25) is 0 Å². The molecule has 0 spiro atoms. The first kappa shape index (κ1) is 54.3. The lowest BCUT2D eigenvalue weighted by atomic mass is 10.1. The first-order valence-corrected chi connectivity index (χ1v) is 31.1. The minimum absolute atomic E-state index is 0.155. The first-order chi connectivity index (χ1) is 25.9.